The van der Waals surface area contributed by atoms with E-state index >= 15 is 4.39 Å². The molecule has 188 valence electrons. The molecule has 1 fully saturated rings. The van der Waals surface area contributed by atoms with Gasteiger partial charge in [0.25, 0.3) is 0 Å². The number of hydrogen-bond donors (Lipinski definition) is 4. The van der Waals surface area contributed by atoms with Crippen LogP contribution in [0.1, 0.15) is 46.0 Å². The molecule has 0 saturated heterocycles. The molecule has 3 aromatic rings. The van der Waals surface area contributed by atoms with Gasteiger partial charge in [-0.25, -0.2) is 9.37 Å². The summed E-state index contributed by atoms with van der Waals surface area (Å²) >= 11 is 13.5. The standard InChI is InChI=1S/C22H29FN8OS3/c1-4-8-21(2)9-7-15(23)16(11-21)31(22(33,34)35)18-12-24-20(26-25-18)14-6-5-13(10-17(14)32)19-27-29-30(3)28-19/h5-6,10,12,15-16,32-35H,4,7-9,11H2,1-3H3/t15-,16+,21+/m0/s1. The Kier molecular flexibility index (Phi) is 7.49. The van der Waals surface area contributed by atoms with Gasteiger partial charge in [0.2, 0.25) is 5.82 Å². The lowest BCUT2D eigenvalue weighted by Crippen LogP contribution is -2.53. The van der Waals surface area contributed by atoms with E-state index < -0.39 is 15.7 Å². The first-order chi connectivity index (χ1) is 16.5. The predicted octanol–water partition coefficient (Wildman–Crippen LogP) is 4.34. The number of phenolic OH excluding ortho intramolecular Hbond substituents is 1. The normalized spacial score (nSPS) is 22.8. The Morgan fingerprint density at radius 3 is 2.57 bits per heavy atom. The second-order valence-corrected chi connectivity index (χ2v) is 12.3. The van der Waals surface area contributed by atoms with E-state index in [1.165, 1.54) is 17.1 Å². The molecule has 2 heterocycles. The Hall–Kier alpha value is -2.12. The molecule has 9 nitrogen and oxygen atoms in total. The molecule has 0 radical (unpaired) electrons. The molecule has 35 heavy (non-hydrogen) atoms. The van der Waals surface area contributed by atoms with Crippen molar-refractivity contribution in [3.63, 3.8) is 0 Å². The van der Waals surface area contributed by atoms with Crippen molar-refractivity contribution in [2.75, 3.05) is 4.90 Å². The number of anilines is 1. The van der Waals surface area contributed by atoms with Gasteiger partial charge in [-0.1, -0.05) is 26.3 Å². The van der Waals surface area contributed by atoms with Crippen LogP contribution in [0.15, 0.2) is 24.4 Å². The molecule has 1 N–H and O–H groups in total. The van der Waals surface area contributed by atoms with E-state index in [4.69, 9.17) is 0 Å². The molecule has 1 aliphatic carbocycles. The van der Waals surface area contributed by atoms with Gasteiger partial charge >= 0.3 is 0 Å². The quantitative estimate of drug-likeness (QED) is 0.261. The zero-order chi connectivity index (χ0) is 25.4. The van der Waals surface area contributed by atoms with Gasteiger partial charge in [-0.3, -0.25) is 0 Å². The van der Waals surface area contributed by atoms with Crippen LogP contribution in [0.25, 0.3) is 22.8 Å². The first-order valence-corrected chi connectivity index (χ1v) is 12.7. The van der Waals surface area contributed by atoms with Gasteiger partial charge < -0.3 is 10.0 Å². The van der Waals surface area contributed by atoms with Crippen LogP contribution >= 0.6 is 37.9 Å². The third-order valence-corrected chi connectivity index (χ3v) is 7.10. The van der Waals surface area contributed by atoms with Gasteiger partial charge in [0.05, 0.1) is 24.8 Å². The lowest BCUT2D eigenvalue weighted by Gasteiger charge is -2.48. The van der Waals surface area contributed by atoms with E-state index in [1.807, 2.05) is 0 Å². The SMILES string of the molecule is CCC[C@]1(C)CC[C@H](F)[C@H](N(c2cnc(-c3ccc(-c4nnn(C)n4)cc3O)nn2)C(S)(S)S)C1. The molecule has 0 amide bonds. The van der Waals surface area contributed by atoms with Gasteiger partial charge in [0.15, 0.2) is 15.2 Å². The third-order valence-electron chi connectivity index (χ3n) is 6.45. The van der Waals surface area contributed by atoms with E-state index in [0.29, 0.717) is 35.6 Å². The molecule has 2 aromatic heterocycles. The van der Waals surface area contributed by atoms with Gasteiger partial charge in [-0.15, -0.1) is 58.3 Å². The monoisotopic (exact) mass is 536 g/mol. The zero-order valence-corrected chi connectivity index (χ0v) is 22.4. The van der Waals surface area contributed by atoms with Crippen LogP contribution in [0.2, 0.25) is 0 Å². The topological polar surface area (TPSA) is 106 Å². The summed E-state index contributed by atoms with van der Waals surface area (Å²) in [5.41, 5.74) is 0.989. The summed E-state index contributed by atoms with van der Waals surface area (Å²) in [6, 6.07) is 4.38. The summed E-state index contributed by atoms with van der Waals surface area (Å²) in [5, 5.41) is 31.0. The maximum absolute atomic E-state index is 15.2. The molecule has 13 heteroatoms. The molecule has 0 unspecified atom stereocenters. The van der Waals surface area contributed by atoms with Crippen molar-refractivity contribution in [1.82, 2.24) is 35.4 Å². The van der Waals surface area contributed by atoms with Crippen molar-refractivity contribution in [1.29, 1.82) is 0 Å². The lowest BCUT2D eigenvalue weighted by molar-refractivity contribution is 0.101. The van der Waals surface area contributed by atoms with E-state index in [1.54, 1.807) is 24.1 Å². The van der Waals surface area contributed by atoms with Crippen LogP contribution in [-0.2, 0) is 7.05 Å². The highest BCUT2D eigenvalue weighted by Gasteiger charge is 2.45. The fraction of sp³-hybridized carbons (Fsp3) is 0.545. The summed E-state index contributed by atoms with van der Waals surface area (Å²) in [7, 11) is 1.66. The average molecular weight is 537 g/mol. The van der Waals surface area contributed by atoms with E-state index in [-0.39, 0.29) is 17.0 Å². The summed E-state index contributed by atoms with van der Waals surface area (Å²) < 4.78 is 13.9. The van der Waals surface area contributed by atoms with E-state index in [0.717, 1.165) is 19.3 Å². The number of nitrogens with zero attached hydrogens (tertiary/aromatic N) is 8. The number of benzene rings is 1. The van der Waals surface area contributed by atoms with Crippen LogP contribution in [-0.4, -0.2) is 56.2 Å². The number of aryl methyl sites for hydroxylation is 1. The molecular weight excluding hydrogens is 507 g/mol. The van der Waals surface area contributed by atoms with Crippen molar-refractivity contribution < 1.29 is 9.50 Å². The fourth-order valence-corrected chi connectivity index (χ4v) is 5.56. The highest BCUT2D eigenvalue weighted by Crippen LogP contribution is 2.47. The minimum absolute atomic E-state index is 0.00710. The molecule has 1 aromatic carbocycles. The van der Waals surface area contributed by atoms with Crippen molar-refractivity contribution in [3.8, 4) is 28.5 Å². The maximum Gasteiger partial charge on any atom is 0.205 e. The Balaban J connectivity index is 1.62. The number of halogens is 1. The minimum atomic E-state index is -1.29. The lowest BCUT2D eigenvalue weighted by atomic mass is 9.70. The van der Waals surface area contributed by atoms with E-state index in [2.05, 4.69) is 82.3 Å². The number of alkyl halides is 1. The third kappa shape index (κ3) is 5.67. The summed E-state index contributed by atoms with van der Waals surface area (Å²) in [6.45, 7) is 4.33. The highest BCUT2D eigenvalue weighted by molar-refractivity contribution is 8.17. The van der Waals surface area contributed by atoms with Gasteiger partial charge in [0.1, 0.15) is 11.9 Å². The van der Waals surface area contributed by atoms with Gasteiger partial charge in [-0.2, -0.15) is 4.80 Å². The zero-order valence-electron chi connectivity index (χ0n) is 19.7. The van der Waals surface area contributed by atoms with Crippen LogP contribution in [0, 0.1) is 5.41 Å². The minimum Gasteiger partial charge on any atom is -0.507 e. The summed E-state index contributed by atoms with van der Waals surface area (Å²) in [6.07, 6.45) is 4.32. The number of hydrogen-bond acceptors (Lipinski definition) is 11. The Morgan fingerprint density at radius 1 is 1.23 bits per heavy atom. The second-order valence-electron chi connectivity index (χ2n) is 9.33. The van der Waals surface area contributed by atoms with E-state index in [9.17, 15) is 5.11 Å². The fourth-order valence-electron chi connectivity index (χ4n) is 4.81. The molecule has 0 bridgehead atoms. The van der Waals surface area contributed by atoms with Crippen molar-refractivity contribution in [2.45, 2.75) is 61.7 Å². The second kappa shape index (κ2) is 10.1. The molecule has 0 spiro atoms. The van der Waals surface area contributed by atoms with Crippen LogP contribution in [0.5, 0.6) is 5.75 Å². The number of tetrazole rings is 1. The van der Waals surface area contributed by atoms with Gasteiger partial charge in [0, 0.05) is 5.56 Å². The maximum atomic E-state index is 15.2. The van der Waals surface area contributed by atoms with Gasteiger partial charge in [-0.05, 0) is 48.4 Å². The summed E-state index contributed by atoms with van der Waals surface area (Å²) in [4.78, 5) is 7.36. The van der Waals surface area contributed by atoms with Crippen molar-refractivity contribution in [2.24, 2.45) is 12.5 Å². The molecular formula is C22H29FN8OS3. The molecule has 1 aliphatic rings. The number of rotatable bonds is 7. The Labute approximate surface area is 220 Å². The molecule has 0 aliphatic heterocycles. The molecule has 4 rings (SSSR count). The van der Waals surface area contributed by atoms with Crippen molar-refractivity contribution >= 4 is 43.7 Å². The van der Waals surface area contributed by atoms with Crippen LogP contribution in [0.3, 0.4) is 0 Å². The molecule has 3 atom stereocenters. The highest BCUT2D eigenvalue weighted by atomic mass is 32.2. The largest absolute Gasteiger partial charge is 0.507 e. The van der Waals surface area contributed by atoms with Crippen LogP contribution < -0.4 is 4.90 Å². The van der Waals surface area contributed by atoms with Crippen molar-refractivity contribution in [3.05, 3.63) is 24.4 Å². The average Bonchev–Trinajstić information content (AvgIpc) is 3.23. The number of aromatic nitrogens is 7. The first kappa shape index (κ1) is 26.0. The smallest absolute Gasteiger partial charge is 0.205 e. The Bertz CT molecular complexity index is 1170. The Morgan fingerprint density at radius 2 is 2.00 bits per heavy atom. The number of thiol groups is 3. The molecule has 1 saturated carbocycles. The first-order valence-electron chi connectivity index (χ1n) is 11.4. The number of phenols is 1. The van der Waals surface area contributed by atoms with Crippen LogP contribution in [0.4, 0.5) is 10.2 Å². The predicted molar refractivity (Wildman–Crippen MR) is 142 cm³/mol. The summed E-state index contributed by atoms with van der Waals surface area (Å²) in [5.74, 6) is 0.848. The number of aromatic hydroxyl groups is 1.